The molecular weight excluding hydrogens is 296 g/mol. The molecule has 0 fully saturated rings. The Hall–Kier alpha value is -2.95. The number of hydrogen-bond donors (Lipinski definition) is 2. The van der Waals surface area contributed by atoms with Crippen LogP contribution >= 0.6 is 0 Å². The van der Waals surface area contributed by atoms with Crippen LogP contribution in [0, 0.1) is 0 Å². The third-order valence-electron chi connectivity index (χ3n) is 3.73. The second kappa shape index (κ2) is 6.04. The number of carbonyl (C=O) groups excluding carboxylic acids is 1. The number of cyclic esters (lactones) is 1. The van der Waals surface area contributed by atoms with Crippen LogP contribution in [0.25, 0.3) is 5.57 Å². The summed E-state index contributed by atoms with van der Waals surface area (Å²) in [6, 6.07) is 11.5. The van der Waals surface area contributed by atoms with Crippen LogP contribution in [0.1, 0.15) is 11.1 Å². The highest BCUT2D eigenvalue weighted by atomic mass is 16.5. The molecule has 1 atom stereocenters. The molecule has 0 amide bonds. The van der Waals surface area contributed by atoms with Gasteiger partial charge in [-0.15, -0.1) is 0 Å². The van der Waals surface area contributed by atoms with Gasteiger partial charge in [-0.05, 0) is 29.8 Å². The van der Waals surface area contributed by atoms with Crippen molar-refractivity contribution >= 4 is 11.5 Å². The lowest BCUT2D eigenvalue weighted by molar-refractivity contribution is -0.138. The predicted molar refractivity (Wildman–Crippen MR) is 84.3 cm³/mol. The molecule has 2 aromatic carbocycles. The Labute approximate surface area is 133 Å². The zero-order valence-electron chi connectivity index (χ0n) is 12.5. The number of methoxy groups -OCH3 is 1. The Morgan fingerprint density at radius 3 is 2.48 bits per heavy atom. The molecule has 0 spiro atoms. The van der Waals surface area contributed by atoms with Gasteiger partial charge < -0.3 is 19.7 Å². The monoisotopic (exact) mass is 312 g/mol. The summed E-state index contributed by atoms with van der Waals surface area (Å²) < 4.78 is 10.7. The van der Waals surface area contributed by atoms with E-state index in [9.17, 15) is 15.0 Å². The minimum atomic E-state index is -0.439. The highest BCUT2D eigenvalue weighted by Crippen LogP contribution is 2.36. The topological polar surface area (TPSA) is 76.0 Å². The molecule has 0 radical (unpaired) electrons. The maximum absolute atomic E-state index is 11.7. The molecule has 1 heterocycles. The van der Waals surface area contributed by atoms with Gasteiger partial charge in [-0.1, -0.05) is 12.1 Å². The van der Waals surface area contributed by atoms with Crippen molar-refractivity contribution in [1.29, 1.82) is 0 Å². The molecular formula is C18H16O5. The Bertz CT molecular complexity index is 761. The van der Waals surface area contributed by atoms with Gasteiger partial charge in [-0.25, -0.2) is 4.79 Å². The molecule has 3 rings (SSSR count). The van der Waals surface area contributed by atoms with Crippen LogP contribution in [-0.2, 0) is 16.0 Å². The quantitative estimate of drug-likeness (QED) is 0.849. The number of esters is 1. The third-order valence-corrected chi connectivity index (χ3v) is 3.73. The minimum absolute atomic E-state index is 0.0894. The number of rotatable bonds is 4. The summed E-state index contributed by atoms with van der Waals surface area (Å²) in [5.74, 6) is 0.351. The van der Waals surface area contributed by atoms with E-state index in [2.05, 4.69) is 0 Å². The highest BCUT2D eigenvalue weighted by molar-refractivity contribution is 5.98. The first kappa shape index (κ1) is 15.0. The number of aromatic hydroxyl groups is 2. The molecule has 0 unspecified atom stereocenters. The summed E-state index contributed by atoms with van der Waals surface area (Å²) in [6.45, 7) is 0. The molecule has 0 saturated heterocycles. The van der Waals surface area contributed by atoms with Gasteiger partial charge in [0.05, 0.1) is 7.11 Å². The van der Waals surface area contributed by atoms with E-state index in [0.717, 1.165) is 5.56 Å². The van der Waals surface area contributed by atoms with Gasteiger partial charge in [0, 0.05) is 29.7 Å². The Morgan fingerprint density at radius 2 is 1.78 bits per heavy atom. The molecule has 0 aromatic heterocycles. The van der Waals surface area contributed by atoms with Gasteiger partial charge >= 0.3 is 5.97 Å². The summed E-state index contributed by atoms with van der Waals surface area (Å²) >= 11 is 0. The fourth-order valence-electron chi connectivity index (χ4n) is 2.62. The van der Waals surface area contributed by atoms with Gasteiger partial charge in [-0.3, -0.25) is 0 Å². The molecule has 5 heteroatoms. The van der Waals surface area contributed by atoms with Crippen molar-refractivity contribution in [2.45, 2.75) is 12.5 Å². The van der Waals surface area contributed by atoms with Crippen molar-refractivity contribution in [2.75, 3.05) is 7.11 Å². The van der Waals surface area contributed by atoms with Crippen molar-refractivity contribution in [2.24, 2.45) is 0 Å². The Kier molecular flexibility index (Phi) is 3.93. The Balaban J connectivity index is 1.92. The van der Waals surface area contributed by atoms with E-state index in [1.807, 2.05) is 0 Å². The lowest BCUT2D eigenvalue weighted by Crippen LogP contribution is -2.15. The van der Waals surface area contributed by atoms with E-state index >= 15 is 0 Å². The molecule has 2 aromatic rings. The average Bonchev–Trinajstić information content (AvgIpc) is 2.89. The van der Waals surface area contributed by atoms with Gasteiger partial charge in [-0.2, -0.15) is 0 Å². The molecule has 0 aliphatic carbocycles. The average molecular weight is 312 g/mol. The molecule has 0 saturated carbocycles. The second-order valence-electron chi connectivity index (χ2n) is 5.28. The first-order valence-corrected chi connectivity index (χ1v) is 7.14. The van der Waals surface area contributed by atoms with E-state index in [0.29, 0.717) is 23.3 Å². The van der Waals surface area contributed by atoms with Gasteiger partial charge in [0.1, 0.15) is 23.4 Å². The van der Waals surface area contributed by atoms with Crippen molar-refractivity contribution < 1.29 is 24.5 Å². The largest absolute Gasteiger partial charge is 0.508 e. The van der Waals surface area contributed by atoms with Crippen molar-refractivity contribution in [1.82, 2.24) is 0 Å². The van der Waals surface area contributed by atoms with Crippen LogP contribution in [0.4, 0.5) is 0 Å². The zero-order chi connectivity index (χ0) is 16.4. The van der Waals surface area contributed by atoms with Crippen molar-refractivity contribution in [3.8, 4) is 17.2 Å². The summed E-state index contributed by atoms with van der Waals surface area (Å²) in [5, 5.41) is 18.9. The summed E-state index contributed by atoms with van der Waals surface area (Å²) in [4.78, 5) is 11.7. The number of benzene rings is 2. The maximum atomic E-state index is 11.7. The molecule has 1 aliphatic heterocycles. The molecule has 118 valence electrons. The minimum Gasteiger partial charge on any atom is -0.508 e. The van der Waals surface area contributed by atoms with Crippen LogP contribution in [0.5, 0.6) is 17.2 Å². The first-order chi connectivity index (χ1) is 11.1. The molecule has 1 aliphatic rings. The molecule has 0 bridgehead atoms. The SMILES string of the molecule is COc1cc(O)ccc1C1=CC(=O)O[C@H]1Cc1ccc(O)cc1. The second-order valence-corrected chi connectivity index (χ2v) is 5.28. The fraction of sp³-hybridized carbons (Fsp3) is 0.167. The third kappa shape index (κ3) is 3.13. The van der Waals surface area contributed by atoms with E-state index in [1.54, 1.807) is 36.4 Å². The number of carbonyl (C=O) groups is 1. The summed E-state index contributed by atoms with van der Waals surface area (Å²) in [7, 11) is 1.51. The van der Waals surface area contributed by atoms with E-state index in [4.69, 9.17) is 9.47 Å². The lowest BCUT2D eigenvalue weighted by Gasteiger charge is -2.17. The van der Waals surface area contributed by atoms with Crippen LogP contribution < -0.4 is 4.74 Å². The fourth-order valence-corrected chi connectivity index (χ4v) is 2.62. The Morgan fingerprint density at radius 1 is 1.09 bits per heavy atom. The standard InChI is InChI=1S/C18H16O5/c1-22-16-9-13(20)6-7-14(16)15-10-18(21)23-17(15)8-11-2-4-12(19)5-3-11/h2-7,9-10,17,19-20H,8H2,1H3/t17-/m0/s1. The normalized spacial score (nSPS) is 16.8. The highest BCUT2D eigenvalue weighted by Gasteiger charge is 2.29. The summed E-state index contributed by atoms with van der Waals surface area (Å²) in [5.41, 5.74) is 2.35. The van der Waals surface area contributed by atoms with E-state index in [-0.39, 0.29) is 11.5 Å². The van der Waals surface area contributed by atoms with Crippen LogP contribution in [0.3, 0.4) is 0 Å². The lowest BCUT2D eigenvalue weighted by atomic mass is 9.95. The van der Waals surface area contributed by atoms with Crippen LogP contribution in [0.15, 0.2) is 48.5 Å². The number of phenolic OH excluding ortho intramolecular Hbond substituents is 2. The van der Waals surface area contributed by atoms with Crippen LogP contribution in [0.2, 0.25) is 0 Å². The number of phenols is 2. The predicted octanol–water partition coefficient (Wildman–Crippen LogP) is 2.66. The van der Waals surface area contributed by atoms with Crippen molar-refractivity contribution in [3.63, 3.8) is 0 Å². The maximum Gasteiger partial charge on any atom is 0.331 e. The van der Waals surface area contributed by atoms with E-state index < -0.39 is 12.1 Å². The zero-order valence-corrected chi connectivity index (χ0v) is 12.5. The summed E-state index contributed by atoms with van der Waals surface area (Å²) in [6.07, 6.45) is 1.49. The van der Waals surface area contributed by atoms with Gasteiger partial charge in [0.2, 0.25) is 0 Å². The molecule has 23 heavy (non-hydrogen) atoms. The van der Waals surface area contributed by atoms with Crippen LogP contribution in [-0.4, -0.2) is 29.4 Å². The van der Waals surface area contributed by atoms with Crippen molar-refractivity contribution in [3.05, 3.63) is 59.7 Å². The van der Waals surface area contributed by atoms with Gasteiger partial charge in [0.25, 0.3) is 0 Å². The number of ether oxygens (including phenoxy) is 2. The first-order valence-electron chi connectivity index (χ1n) is 7.14. The smallest absolute Gasteiger partial charge is 0.331 e. The van der Waals surface area contributed by atoms with Gasteiger partial charge in [0.15, 0.2) is 0 Å². The molecule has 5 nitrogen and oxygen atoms in total. The number of hydrogen-bond acceptors (Lipinski definition) is 5. The van der Waals surface area contributed by atoms with E-state index in [1.165, 1.54) is 19.3 Å². The molecule has 2 N–H and O–H groups in total.